The lowest BCUT2D eigenvalue weighted by molar-refractivity contribution is 0.0723. The minimum absolute atomic E-state index is 0.115. The summed E-state index contributed by atoms with van der Waals surface area (Å²) >= 11 is 0. The van der Waals surface area contributed by atoms with Crippen molar-refractivity contribution in [2.24, 2.45) is 0 Å². The van der Waals surface area contributed by atoms with Crippen molar-refractivity contribution in [2.75, 3.05) is 25.1 Å². The summed E-state index contributed by atoms with van der Waals surface area (Å²) in [5, 5.41) is 0. The maximum Gasteiger partial charge on any atom is 0.274 e. The van der Waals surface area contributed by atoms with Crippen molar-refractivity contribution in [1.29, 1.82) is 0 Å². The van der Waals surface area contributed by atoms with Crippen LogP contribution in [0.4, 0.5) is 5.82 Å². The van der Waals surface area contributed by atoms with E-state index in [0.717, 1.165) is 61.6 Å². The molecule has 0 saturated carbocycles. The topological polar surface area (TPSA) is 84.3 Å². The third-order valence-corrected chi connectivity index (χ3v) is 6.51. The Kier molecular flexibility index (Phi) is 5.90. The predicted octanol–water partition coefficient (Wildman–Crippen LogP) is 3.51. The molecule has 4 heterocycles. The van der Waals surface area contributed by atoms with Gasteiger partial charge in [-0.25, -0.2) is 15.0 Å². The summed E-state index contributed by atoms with van der Waals surface area (Å²) in [6.45, 7) is 4.37. The van der Waals surface area contributed by atoms with Crippen LogP contribution in [0.2, 0.25) is 0 Å². The number of likely N-dealkylation sites (tertiary alicyclic amines) is 1. The Morgan fingerprint density at radius 2 is 2.03 bits per heavy atom. The molecule has 2 aliphatic rings. The normalized spacial score (nSPS) is 17.7. The molecule has 2 aromatic heterocycles. The number of nitrogens with zero attached hydrogens (tertiary/aromatic N) is 6. The summed E-state index contributed by atoms with van der Waals surface area (Å²) in [5.41, 5.74) is 3.69. The Labute approximate surface area is 193 Å². The number of ether oxygens (including phenoxy) is 1. The van der Waals surface area contributed by atoms with E-state index in [1.54, 1.807) is 19.5 Å². The monoisotopic (exact) mass is 444 g/mol. The van der Waals surface area contributed by atoms with Gasteiger partial charge in [0.1, 0.15) is 17.3 Å². The summed E-state index contributed by atoms with van der Waals surface area (Å²) in [6, 6.07) is 7.96. The van der Waals surface area contributed by atoms with Crippen molar-refractivity contribution in [2.45, 2.75) is 45.2 Å². The fourth-order valence-corrected chi connectivity index (χ4v) is 4.89. The first-order valence-electron chi connectivity index (χ1n) is 11.5. The van der Waals surface area contributed by atoms with Gasteiger partial charge in [0.15, 0.2) is 5.82 Å². The van der Waals surface area contributed by atoms with E-state index in [9.17, 15) is 4.79 Å². The number of fused-ring (bicyclic) bond motifs is 1. The van der Waals surface area contributed by atoms with Crippen molar-refractivity contribution in [3.63, 3.8) is 0 Å². The van der Waals surface area contributed by atoms with Crippen LogP contribution in [0, 0.1) is 6.92 Å². The first kappa shape index (κ1) is 21.3. The Morgan fingerprint density at radius 1 is 1.15 bits per heavy atom. The zero-order valence-electron chi connectivity index (χ0n) is 19.1. The van der Waals surface area contributed by atoms with E-state index < -0.39 is 0 Å². The molecule has 8 nitrogen and oxygen atoms in total. The number of benzene rings is 1. The summed E-state index contributed by atoms with van der Waals surface area (Å²) in [7, 11) is 1.70. The largest absolute Gasteiger partial charge is 0.496 e. The van der Waals surface area contributed by atoms with Crippen molar-refractivity contribution in [1.82, 2.24) is 24.8 Å². The van der Waals surface area contributed by atoms with Crippen LogP contribution in [0.5, 0.6) is 5.75 Å². The van der Waals surface area contributed by atoms with Gasteiger partial charge in [-0.1, -0.05) is 18.2 Å². The Hall–Kier alpha value is -3.55. The molecule has 0 bridgehead atoms. The fourth-order valence-electron chi connectivity index (χ4n) is 4.89. The van der Waals surface area contributed by atoms with E-state index in [-0.39, 0.29) is 11.9 Å². The number of methoxy groups -OCH3 is 1. The minimum atomic E-state index is -0.154. The van der Waals surface area contributed by atoms with Crippen LogP contribution in [-0.4, -0.2) is 50.9 Å². The Morgan fingerprint density at radius 3 is 2.85 bits per heavy atom. The number of carbonyl (C=O) groups excluding carboxylic acids is 1. The number of hydrogen-bond acceptors (Lipinski definition) is 7. The lowest BCUT2D eigenvalue weighted by Gasteiger charge is -2.32. The molecule has 5 rings (SSSR count). The van der Waals surface area contributed by atoms with Gasteiger partial charge < -0.3 is 14.5 Å². The number of anilines is 1. The minimum Gasteiger partial charge on any atom is -0.496 e. The third-order valence-electron chi connectivity index (χ3n) is 6.51. The second-order valence-electron chi connectivity index (χ2n) is 8.55. The average molecular weight is 445 g/mol. The maximum atomic E-state index is 13.1. The lowest BCUT2D eigenvalue weighted by Crippen LogP contribution is -2.34. The first-order chi connectivity index (χ1) is 16.2. The average Bonchev–Trinajstić information content (AvgIpc) is 3.35. The molecule has 1 fully saturated rings. The molecule has 2 aliphatic heterocycles. The number of para-hydroxylation sites is 1. The molecular formula is C25H28N6O2. The Bertz CT molecular complexity index is 1150. The highest BCUT2D eigenvalue weighted by Crippen LogP contribution is 2.35. The van der Waals surface area contributed by atoms with Crippen molar-refractivity contribution in [3.8, 4) is 5.75 Å². The molecule has 33 heavy (non-hydrogen) atoms. The van der Waals surface area contributed by atoms with E-state index in [1.165, 1.54) is 11.8 Å². The number of amides is 1. The van der Waals surface area contributed by atoms with E-state index in [2.05, 4.69) is 27.9 Å². The quantitative estimate of drug-likeness (QED) is 0.595. The highest BCUT2D eigenvalue weighted by molar-refractivity contribution is 5.92. The van der Waals surface area contributed by atoms with Crippen LogP contribution in [0.15, 0.2) is 42.9 Å². The first-order valence-corrected chi connectivity index (χ1v) is 11.5. The zero-order valence-corrected chi connectivity index (χ0v) is 19.1. The smallest absolute Gasteiger partial charge is 0.274 e. The van der Waals surface area contributed by atoms with Gasteiger partial charge in [-0.3, -0.25) is 9.78 Å². The van der Waals surface area contributed by atoms with Gasteiger partial charge >= 0.3 is 0 Å². The fraction of sp³-hybridized carbons (Fsp3) is 0.400. The Balaban J connectivity index is 1.47. The molecule has 0 spiro atoms. The molecule has 1 aromatic carbocycles. The van der Waals surface area contributed by atoms with Gasteiger partial charge in [0.25, 0.3) is 5.91 Å². The molecule has 0 aliphatic carbocycles. The molecule has 0 radical (unpaired) electrons. The van der Waals surface area contributed by atoms with Gasteiger partial charge in [-0.15, -0.1) is 0 Å². The summed E-state index contributed by atoms with van der Waals surface area (Å²) < 4.78 is 5.57. The second kappa shape index (κ2) is 9.13. The molecule has 1 saturated heterocycles. The van der Waals surface area contributed by atoms with Gasteiger partial charge in [0.2, 0.25) is 0 Å². The van der Waals surface area contributed by atoms with Crippen molar-refractivity contribution >= 4 is 11.7 Å². The maximum absolute atomic E-state index is 13.1. The predicted molar refractivity (Wildman–Crippen MR) is 124 cm³/mol. The SMILES string of the molecule is COc1ccccc1CN1CCCc2c(C)nc([C@@H]3CCCN3C(=O)c3cnccn3)nc21. The molecule has 0 unspecified atom stereocenters. The van der Waals surface area contributed by atoms with Gasteiger partial charge in [0.05, 0.1) is 19.3 Å². The van der Waals surface area contributed by atoms with Crippen molar-refractivity contribution in [3.05, 3.63) is 71.2 Å². The van der Waals surface area contributed by atoms with Crippen LogP contribution >= 0.6 is 0 Å². The van der Waals surface area contributed by atoms with E-state index in [0.29, 0.717) is 18.1 Å². The van der Waals surface area contributed by atoms with Gasteiger partial charge in [-0.2, -0.15) is 0 Å². The molecular weight excluding hydrogens is 416 g/mol. The lowest BCUT2D eigenvalue weighted by atomic mass is 10.0. The number of aromatic nitrogens is 4. The third kappa shape index (κ3) is 4.13. The van der Waals surface area contributed by atoms with Crippen molar-refractivity contribution < 1.29 is 9.53 Å². The number of hydrogen-bond donors (Lipinski definition) is 0. The molecule has 170 valence electrons. The number of rotatable bonds is 5. The van der Waals surface area contributed by atoms with E-state index in [1.807, 2.05) is 23.1 Å². The number of carbonyl (C=O) groups is 1. The second-order valence-corrected chi connectivity index (χ2v) is 8.55. The summed E-state index contributed by atoms with van der Waals surface area (Å²) in [5.74, 6) is 2.46. The van der Waals surface area contributed by atoms with Crippen LogP contribution in [0.1, 0.15) is 58.4 Å². The molecule has 1 amide bonds. The zero-order chi connectivity index (χ0) is 22.8. The van der Waals surface area contributed by atoms with E-state index >= 15 is 0 Å². The van der Waals surface area contributed by atoms with Gasteiger partial charge in [0, 0.05) is 48.8 Å². The highest BCUT2D eigenvalue weighted by atomic mass is 16.5. The summed E-state index contributed by atoms with van der Waals surface area (Å²) in [6.07, 6.45) is 8.44. The molecule has 0 N–H and O–H groups in total. The highest BCUT2D eigenvalue weighted by Gasteiger charge is 2.35. The van der Waals surface area contributed by atoms with Crippen LogP contribution in [-0.2, 0) is 13.0 Å². The van der Waals surface area contributed by atoms with Crippen LogP contribution < -0.4 is 9.64 Å². The van der Waals surface area contributed by atoms with E-state index in [4.69, 9.17) is 14.7 Å². The summed E-state index contributed by atoms with van der Waals surface area (Å²) in [4.78, 5) is 35.5. The molecule has 1 atom stereocenters. The van der Waals surface area contributed by atoms with Gasteiger partial charge in [-0.05, 0) is 38.7 Å². The number of aryl methyl sites for hydroxylation is 1. The van der Waals surface area contributed by atoms with Crippen LogP contribution in [0.25, 0.3) is 0 Å². The standard InChI is InChI=1S/C25H28N6O2/c1-17-19-8-5-13-30(16-18-7-3-4-10-22(18)33-2)24(19)29-23(28-17)21-9-6-14-31(21)25(32)20-15-26-11-12-27-20/h3-4,7,10-12,15,21H,5-6,8-9,13-14,16H2,1-2H3/t21-/m0/s1. The van der Waals surface area contributed by atoms with Crippen LogP contribution in [0.3, 0.4) is 0 Å². The molecule has 8 heteroatoms. The molecule has 3 aromatic rings.